The maximum absolute atomic E-state index is 8.48. The lowest BCUT2D eigenvalue weighted by molar-refractivity contribution is 0.0432. The van der Waals surface area contributed by atoms with Gasteiger partial charge in [0, 0.05) is 13.2 Å². The molecule has 0 amide bonds. The van der Waals surface area contributed by atoms with Gasteiger partial charge in [-0.2, -0.15) is 0 Å². The molecule has 11 heavy (non-hydrogen) atoms. The van der Waals surface area contributed by atoms with Gasteiger partial charge < -0.3 is 9.84 Å². The van der Waals surface area contributed by atoms with Gasteiger partial charge in [-0.3, -0.25) is 0 Å². The molecule has 0 aromatic rings. The van der Waals surface area contributed by atoms with Gasteiger partial charge in [-0.05, 0) is 25.7 Å². The van der Waals surface area contributed by atoms with Gasteiger partial charge in [-0.25, -0.2) is 0 Å². The van der Waals surface area contributed by atoms with Crippen LogP contribution >= 0.6 is 0 Å². The average molecular weight is 160 g/mol. The number of rotatable bonds is 6. The Labute approximate surface area is 69.6 Å². The molecule has 0 fully saturated rings. The number of aliphatic hydroxyl groups is 1. The first-order valence-electron chi connectivity index (χ1n) is 4.39. The van der Waals surface area contributed by atoms with Crippen LogP contribution in [-0.2, 0) is 4.74 Å². The van der Waals surface area contributed by atoms with Crippen LogP contribution in [0, 0.1) is 5.92 Å². The zero-order valence-electron chi connectivity index (χ0n) is 7.84. The lowest BCUT2D eigenvalue weighted by Crippen LogP contribution is -2.12. The van der Waals surface area contributed by atoms with Crippen molar-refractivity contribution in [1.82, 2.24) is 0 Å². The zero-order chi connectivity index (χ0) is 8.69. The summed E-state index contributed by atoms with van der Waals surface area (Å²) in [7, 11) is 0. The Bertz CT molecular complexity index is 81.6. The van der Waals surface area contributed by atoms with E-state index in [0.717, 1.165) is 12.8 Å². The first-order chi connectivity index (χ1) is 5.16. The van der Waals surface area contributed by atoms with Crippen LogP contribution in [0.1, 0.15) is 33.6 Å². The molecule has 0 aliphatic carbocycles. The molecule has 2 heteroatoms. The van der Waals surface area contributed by atoms with Crippen molar-refractivity contribution in [2.45, 2.75) is 39.7 Å². The normalized spacial score (nSPS) is 13.9. The van der Waals surface area contributed by atoms with Crippen LogP contribution in [0.15, 0.2) is 0 Å². The molecule has 1 atom stereocenters. The summed E-state index contributed by atoms with van der Waals surface area (Å²) < 4.78 is 5.43. The Hall–Kier alpha value is -0.0800. The van der Waals surface area contributed by atoms with Crippen molar-refractivity contribution in [3.05, 3.63) is 0 Å². The van der Waals surface area contributed by atoms with Crippen molar-refractivity contribution >= 4 is 0 Å². The Morgan fingerprint density at radius 2 is 1.91 bits per heavy atom. The topological polar surface area (TPSA) is 29.5 Å². The maximum atomic E-state index is 8.48. The fourth-order valence-corrected chi connectivity index (χ4v) is 1.08. The smallest absolute Gasteiger partial charge is 0.0549 e. The Balaban J connectivity index is 3.15. The van der Waals surface area contributed by atoms with Crippen molar-refractivity contribution in [1.29, 1.82) is 0 Å². The summed E-state index contributed by atoms with van der Waals surface area (Å²) in [6, 6.07) is 0. The molecular weight excluding hydrogens is 140 g/mol. The molecule has 0 saturated heterocycles. The highest BCUT2D eigenvalue weighted by Crippen LogP contribution is 2.07. The predicted molar refractivity (Wildman–Crippen MR) is 46.6 cm³/mol. The highest BCUT2D eigenvalue weighted by atomic mass is 16.5. The molecule has 0 aliphatic heterocycles. The van der Waals surface area contributed by atoms with Crippen molar-refractivity contribution in [2.24, 2.45) is 5.92 Å². The minimum Gasteiger partial charge on any atom is -0.396 e. The number of aliphatic hydroxyl groups excluding tert-OH is 1. The lowest BCUT2D eigenvalue weighted by Gasteiger charge is -2.14. The van der Waals surface area contributed by atoms with Crippen molar-refractivity contribution in [2.75, 3.05) is 13.2 Å². The molecule has 0 heterocycles. The van der Waals surface area contributed by atoms with Crippen LogP contribution in [0.25, 0.3) is 0 Å². The Kier molecular flexibility index (Phi) is 6.57. The van der Waals surface area contributed by atoms with Crippen LogP contribution in [0.5, 0.6) is 0 Å². The number of ether oxygens (including phenoxy) is 1. The minimum atomic E-state index is 0.231. The molecule has 68 valence electrons. The third-order valence-corrected chi connectivity index (χ3v) is 1.51. The molecule has 1 unspecified atom stereocenters. The largest absolute Gasteiger partial charge is 0.396 e. The fourth-order valence-electron chi connectivity index (χ4n) is 1.08. The predicted octanol–water partition coefficient (Wildman–Crippen LogP) is 1.82. The molecule has 0 saturated carbocycles. The molecule has 0 radical (unpaired) electrons. The standard InChI is InChI=1S/C9H20O2/c1-8(2)7-9(3)11-6-4-5-10/h8-10H,4-7H2,1-3H3. The highest BCUT2D eigenvalue weighted by molar-refractivity contribution is 4.53. The monoisotopic (exact) mass is 160 g/mol. The van der Waals surface area contributed by atoms with E-state index in [0.29, 0.717) is 18.6 Å². The fraction of sp³-hybridized carbons (Fsp3) is 1.00. The number of hydrogen-bond acceptors (Lipinski definition) is 2. The Morgan fingerprint density at radius 1 is 1.27 bits per heavy atom. The van der Waals surface area contributed by atoms with E-state index in [-0.39, 0.29) is 6.61 Å². The van der Waals surface area contributed by atoms with E-state index in [1.54, 1.807) is 0 Å². The van der Waals surface area contributed by atoms with Gasteiger partial charge in [0.25, 0.3) is 0 Å². The van der Waals surface area contributed by atoms with E-state index in [2.05, 4.69) is 20.8 Å². The van der Waals surface area contributed by atoms with Crippen LogP contribution in [0.4, 0.5) is 0 Å². The van der Waals surface area contributed by atoms with Crippen molar-refractivity contribution in [3.63, 3.8) is 0 Å². The lowest BCUT2D eigenvalue weighted by atomic mass is 10.1. The van der Waals surface area contributed by atoms with E-state index >= 15 is 0 Å². The average Bonchev–Trinajstić information content (AvgIpc) is 1.86. The van der Waals surface area contributed by atoms with Crippen LogP contribution in [0.3, 0.4) is 0 Å². The third-order valence-electron chi connectivity index (χ3n) is 1.51. The van der Waals surface area contributed by atoms with Gasteiger partial charge in [0.1, 0.15) is 0 Å². The highest BCUT2D eigenvalue weighted by Gasteiger charge is 2.03. The molecule has 0 aromatic carbocycles. The van der Waals surface area contributed by atoms with E-state index in [1.165, 1.54) is 0 Å². The van der Waals surface area contributed by atoms with Crippen LogP contribution in [-0.4, -0.2) is 24.4 Å². The summed E-state index contributed by atoms with van der Waals surface area (Å²) in [6.45, 7) is 7.37. The number of hydrogen-bond donors (Lipinski definition) is 1. The molecule has 1 N–H and O–H groups in total. The van der Waals surface area contributed by atoms with E-state index < -0.39 is 0 Å². The van der Waals surface area contributed by atoms with E-state index in [1.807, 2.05) is 0 Å². The summed E-state index contributed by atoms with van der Waals surface area (Å²) in [6.07, 6.45) is 2.19. The van der Waals surface area contributed by atoms with Gasteiger partial charge in [0.05, 0.1) is 6.10 Å². The first-order valence-corrected chi connectivity index (χ1v) is 4.39. The van der Waals surface area contributed by atoms with Gasteiger partial charge in [0.15, 0.2) is 0 Å². The van der Waals surface area contributed by atoms with Gasteiger partial charge >= 0.3 is 0 Å². The molecule has 0 rings (SSSR count). The first kappa shape index (κ1) is 10.9. The molecular formula is C9H20O2. The Morgan fingerprint density at radius 3 is 2.36 bits per heavy atom. The SMILES string of the molecule is CC(C)CC(C)OCCCO. The van der Waals surface area contributed by atoms with Gasteiger partial charge in [0.2, 0.25) is 0 Å². The van der Waals surface area contributed by atoms with Crippen molar-refractivity contribution in [3.8, 4) is 0 Å². The second kappa shape index (κ2) is 6.62. The van der Waals surface area contributed by atoms with Gasteiger partial charge in [-0.1, -0.05) is 13.8 Å². The molecule has 0 spiro atoms. The molecule has 0 aliphatic rings. The summed E-state index contributed by atoms with van der Waals surface area (Å²) in [5.74, 6) is 0.694. The van der Waals surface area contributed by atoms with Crippen molar-refractivity contribution < 1.29 is 9.84 Å². The summed E-state index contributed by atoms with van der Waals surface area (Å²) in [5, 5.41) is 8.48. The van der Waals surface area contributed by atoms with Gasteiger partial charge in [-0.15, -0.1) is 0 Å². The summed E-state index contributed by atoms with van der Waals surface area (Å²) >= 11 is 0. The van der Waals surface area contributed by atoms with E-state index in [4.69, 9.17) is 9.84 Å². The quantitative estimate of drug-likeness (QED) is 0.600. The second-order valence-electron chi connectivity index (χ2n) is 3.39. The summed E-state index contributed by atoms with van der Waals surface area (Å²) in [5.41, 5.74) is 0. The maximum Gasteiger partial charge on any atom is 0.0549 e. The summed E-state index contributed by atoms with van der Waals surface area (Å²) in [4.78, 5) is 0. The minimum absolute atomic E-state index is 0.231. The van der Waals surface area contributed by atoms with E-state index in [9.17, 15) is 0 Å². The van der Waals surface area contributed by atoms with Crippen LogP contribution in [0.2, 0.25) is 0 Å². The molecule has 2 nitrogen and oxygen atoms in total. The molecule has 0 bridgehead atoms. The zero-order valence-corrected chi connectivity index (χ0v) is 7.84. The molecule has 0 aromatic heterocycles. The second-order valence-corrected chi connectivity index (χ2v) is 3.39. The van der Waals surface area contributed by atoms with Crippen LogP contribution < -0.4 is 0 Å². The third kappa shape index (κ3) is 7.82.